The van der Waals surface area contributed by atoms with E-state index in [0.717, 1.165) is 19.3 Å². The molecule has 2 aromatic rings. The van der Waals surface area contributed by atoms with Crippen LogP contribution < -0.4 is 9.47 Å². The van der Waals surface area contributed by atoms with Gasteiger partial charge in [-0.25, -0.2) is 9.59 Å². The SMILES string of the molecule is CCCCCOc1ccc(C(=O)Oc2ccc(Cl)cc2C(=O)OC)cc1. The van der Waals surface area contributed by atoms with Crippen molar-refractivity contribution >= 4 is 23.5 Å². The summed E-state index contributed by atoms with van der Waals surface area (Å²) in [7, 11) is 1.24. The summed E-state index contributed by atoms with van der Waals surface area (Å²) in [6, 6.07) is 11.0. The predicted octanol–water partition coefficient (Wildman–Crippen LogP) is 4.91. The lowest BCUT2D eigenvalue weighted by Crippen LogP contribution is -2.12. The fourth-order valence-corrected chi connectivity index (χ4v) is 2.42. The highest BCUT2D eigenvalue weighted by atomic mass is 35.5. The number of esters is 2. The van der Waals surface area contributed by atoms with Gasteiger partial charge >= 0.3 is 11.9 Å². The van der Waals surface area contributed by atoms with Crippen molar-refractivity contribution in [3.8, 4) is 11.5 Å². The first-order chi connectivity index (χ1) is 12.5. The summed E-state index contributed by atoms with van der Waals surface area (Å²) in [5.41, 5.74) is 0.431. The Labute approximate surface area is 157 Å². The molecular formula is C20H21ClO5. The number of carbonyl (C=O) groups is 2. The third-order valence-electron chi connectivity index (χ3n) is 3.66. The molecular weight excluding hydrogens is 356 g/mol. The zero-order chi connectivity index (χ0) is 18.9. The van der Waals surface area contributed by atoms with E-state index >= 15 is 0 Å². The molecule has 0 atom stereocenters. The summed E-state index contributed by atoms with van der Waals surface area (Å²) in [6.45, 7) is 2.78. The van der Waals surface area contributed by atoms with E-state index in [9.17, 15) is 9.59 Å². The lowest BCUT2D eigenvalue weighted by atomic mass is 10.2. The van der Waals surface area contributed by atoms with E-state index in [1.165, 1.54) is 25.3 Å². The van der Waals surface area contributed by atoms with Crippen LogP contribution in [-0.2, 0) is 4.74 Å². The van der Waals surface area contributed by atoms with Crippen LogP contribution in [0.1, 0.15) is 46.9 Å². The minimum absolute atomic E-state index is 0.0872. The summed E-state index contributed by atoms with van der Waals surface area (Å²) < 4.78 is 15.6. The second-order valence-corrected chi connectivity index (χ2v) is 6.04. The molecule has 0 aliphatic rings. The third kappa shape index (κ3) is 5.49. The summed E-state index contributed by atoms with van der Waals surface area (Å²) in [6.07, 6.45) is 3.24. The van der Waals surface area contributed by atoms with E-state index in [1.54, 1.807) is 24.3 Å². The number of halogens is 1. The second kappa shape index (κ2) is 9.82. The van der Waals surface area contributed by atoms with Crippen molar-refractivity contribution in [1.82, 2.24) is 0 Å². The van der Waals surface area contributed by atoms with E-state index in [4.69, 9.17) is 21.1 Å². The van der Waals surface area contributed by atoms with Gasteiger partial charge in [0.25, 0.3) is 0 Å². The van der Waals surface area contributed by atoms with E-state index in [-0.39, 0.29) is 11.3 Å². The van der Waals surface area contributed by atoms with Crippen molar-refractivity contribution in [3.63, 3.8) is 0 Å². The number of hydrogen-bond donors (Lipinski definition) is 0. The average molecular weight is 377 g/mol. The highest BCUT2D eigenvalue weighted by Gasteiger charge is 2.17. The second-order valence-electron chi connectivity index (χ2n) is 5.60. The summed E-state index contributed by atoms with van der Waals surface area (Å²) in [5.74, 6) is -0.438. The molecule has 6 heteroatoms. The van der Waals surface area contributed by atoms with Crippen LogP contribution in [0.15, 0.2) is 42.5 Å². The summed E-state index contributed by atoms with van der Waals surface area (Å²) >= 11 is 5.89. The van der Waals surface area contributed by atoms with Crippen molar-refractivity contribution in [2.24, 2.45) is 0 Å². The topological polar surface area (TPSA) is 61.8 Å². The highest BCUT2D eigenvalue weighted by Crippen LogP contribution is 2.25. The normalized spacial score (nSPS) is 10.3. The van der Waals surface area contributed by atoms with Gasteiger partial charge in [-0.1, -0.05) is 31.4 Å². The number of rotatable bonds is 8. The molecule has 138 valence electrons. The number of ether oxygens (including phenoxy) is 3. The Bertz CT molecular complexity index is 755. The molecule has 0 aliphatic carbocycles. The molecule has 0 radical (unpaired) electrons. The largest absolute Gasteiger partial charge is 0.494 e. The molecule has 0 saturated carbocycles. The summed E-state index contributed by atoms with van der Waals surface area (Å²) in [5, 5.41) is 0.342. The van der Waals surface area contributed by atoms with Crippen LogP contribution in [-0.4, -0.2) is 25.7 Å². The molecule has 0 aromatic heterocycles. The molecule has 2 rings (SSSR count). The maximum atomic E-state index is 12.3. The molecule has 2 aromatic carbocycles. The van der Waals surface area contributed by atoms with Gasteiger partial charge < -0.3 is 14.2 Å². The molecule has 0 bridgehead atoms. The van der Waals surface area contributed by atoms with E-state index in [0.29, 0.717) is 22.9 Å². The van der Waals surface area contributed by atoms with Gasteiger partial charge in [-0.2, -0.15) is 0 Å². The van der Waals surface area contributed by atoms with Gasteiger partial charge in [-0.05, 0) is 48.9 Å². The minimum atomic E-state index is -0.633. The predicted molar refractivity (Wildman–Crippen MR) is 99.2 cm³/mol. The molecule has 5 nitrogen and oxygen atoms in total. The Hall–Kier alpha value is -2.53. The Morgan fingerprint density at radius 1 is 1.00 bits per heavy atom. The zero-order valence-corrected chi connectivity index (χ0v) is 15.5. The lowest BCUT2D eigenvalue weighted by molar-refractivity contribution is 0.0593. The van der Waals surface area contributed by atoms with Gasteiger partial charge in [-0.15, -0.1) is 0 Å². The van der Waals surface area contributed by atoms with Gasteiger partial charge in [0.05, 0.1) is 19.3 Å². The third-order valence-corrected chi connectivity index (χ3v) is 3.89. The molecule has 0 amide bonds. The number of unbranched alkanes of at least 4 members (excludes halogenated alkanes) is 2. The van der Waals surface area contributed by atoms with Crippen molar-refractivity contribution < 1.29 is 23.8 Å². The Morgan fingerprint density at radius 3 is 2.38 bits per heavy atom. The molecule has 0 saturated heterocycles. The van der Waals surface area contributed by atoms with Crippen LogP contribution in [0, 0.1) is 0 Å². The molecule has 0 unspecified atom stereocenters. The fraction of sp³-hybridized carbons (Fsp3) is 0.300. The molecule has 0 aliphatic heterocycles. The van der Waals surface area contributed by atoms with Crippen LogP contribution in [0.5, 0.6) is 11.5 Å². The van der Waals surface area contributed by atoms with Gasteiger partial charge in [0.15, 0.2) is 0 Å². The first kappa shape index (κ1) is 19.8. The first-order valence-electron chi connectivity index (χ1n) is 8.38. The molecule has 0 fully saturated rings. The number of hydrogen-bond acceptors (Lipinski definition) is 5. The van der Waals surface area contributed by atoms with Crippen molar-refractivity contribution in [1.29, 1.82) is 0 Å². The number of methoxy groups -OCH3 is 1. The number of carbonyl (C=O) groups excluding carboxylic acids is 2. The monoisotopic (exact) mass is 376 g/mol. The Morgan fingerprint density at radius 2 is 1.73 bits per heavy atom. The standard InChI is InChI=1S/C20H21ClO5/c1-3-4-5-12-25-16-9-6-14(7-10-16)19(22)26-18-11-8-15(21)13-17(18)20(23)24-2/h6-11,13H,3-5,12H2,1-2H3. The van der Waals surface area contributed by atoms with Crippen LogP contribution in [0.2, 0.25) is 5.02 Å². The summed E-state index contributed by atoms with van der Waals surface area (Å²) in [4.78, 5) is 24.1. The van der Waals surface area contributed by atoms with Crippen LogP contribution in [0.4, 0.5) is 0 Å². The zero-order valence-electron chi connectivity index (χ0n) is 14.8. The average Bonchev–Trinajstić information content (AvgIpc) is 2.66. The smallest absolute Gasteiger partial charge is 0.343 e. The molecule has 0 heterocycles. The minimum Gasteiger partial charge on any atom is -0.494 e. The van der Waals surface area contributed by atoms with Crippen molar-refractivity contribution in [3.05, 3.63) is 58.6 Å². The highest BCUT2D eigenvalue weighted by molar-refractivity contribution is 6.31. The first-order valence-corrected chi connectivity index (χ1v) is 8.76. The van der Waals surface area contributed by atoms with Gasteiger partial charge in [0, 0.05) is 5.02 Å². The molecule has 0 spiro atoms. The maximum absolute atomic E-state index is 12.3. The number of benzene rings is 2. The van der Waals surface area contributed by atoms with E-state index in [1.807, 2.05) is 0 Å². The van der Waals surface area contributed by atoms with Crippen molar-refractivity contribution in [2.75, 3.05) is 13.7 Å². The molecule has 0 N–H and O–H groups in total. The molecule has 26 heavy (non-hydrogen) atoms. The van der Waals surface area contributed by atoms with Crippen LogP contribution in [0.3, 0.4) is 0 Å². The Balaban J connectivity index is 2.05. The van der Waals surface area contributed by atoms with Gasteiger partial charge in [0.2, 0.25) is 0 Å². The van der Waals surface area contributed by atoms with Crippen LogP contribution >= 0.6 is 11.6 Å². The quantitative estimate of drug-likeness (QED) is 0.372. The lowest BCUT2D eigenvalue weighted by Gasteiger charge is -2.10. The maximum Gasteiger partial charge on any atom is 0.343 e. The van der Waals surface area contributed by atoms with Gasteiger partial charge in [0.1, 0.15) is 17.1 Å². The van der Waals surface area contributed by atoms with Crippen molar-refractivity contribution in [2.45, 2.75) is 26.2 Å². The van der Waals surface area contributed by atoms with E-state index < -0.39 is 11.9 Å². The Kier molecular flexibility index (Phi) is 7.48. The van der Waals surface area contributed by atoms with Gasteiger partial charge in [-0.3, -0.25) is 0 Å². The van der Waals surface area contributed by atoms with E-state index in [2.05, 4.69) is 11.7 Å². The fourth-order valence-electron chi connectivity index (χ4n) is 2.25. The van der Waals surface area contributed by atoms with Crippen LogP contribution in [0.25, 0.3) is 0 Å².